The van der Waals surface area contributed by atoms with Gasteiger partial charge in [-0.2, -0.15) is 5.10 Å². The van der Waals surface area contributed by atoms with Crippen molar-refractivity contribution in [3.05, 3.63) is 52.1 Å². The minimum absolute atomic E-state index is 0.000960. The van der Waals surface area contributed by atoms with Gasteiger partial charge in [-0.3, -0.25) is 9.89 Å². The van der Waals surface area contributed by atoms with Crippen LogP contribution in [0.3, 0.4) is 0 Å². The number of hydrogen-bond donors (Lipinski definition) is 1. The van der Waals surface area contributed by atoms with E-state index in [1.165, 1.54) is 0 Å². The monoisotopic (exact) mass is 329 g/mol. The van der Waals surface area contributed by atoms with Crippen LogP contribution >= 0.6 is 0 Å². The summed E-state index contributed by atoms with van der Waals surface area (Å²) in [6.07, 6.45) is 2.60. The second-order valence-corrected chi connectivity index (χ2v) is 6.72. The molecule has 2 aromatic rings. The fraction of sp³-hybridized carbons (Fsp3) is 0.474. The Morgan fingerprint density at radius 2 is 2.21 bits per heavy atom. The molecule has 5 heteroatoms. The van der Waals surface area contributed by atoms with E-state index in [1.807, 2.05) is 30.9 Å². The Balaban J connectivity index is 1.65. The molecule has 1 aromatic carbocycles. The zero-order chi connectivity index (χ0) is 17.3. The lowest BCUT2D eigenvalue weighted by Crippen LogP contribution is -2.29. The fourth-order valence-electron chi connectivity index (χ4n) is 3.42. The molecule has 1 aromatic heterocycles. The van der Waals surface area contributed by atoms with Gasteiger partial charge >= 0.3 is 0 Å². The first-order chi connectivity index (χ1) is 11.5. The lowest BCUT2D eigenvalue weighted by atomic mass is 9.98. The first kappa shape index (κ1) is 16.7. The number of amides is 1. The average Bonchev–Trinajstić information content (AvgIpc) is 3.17. The number of aryl methyl sites for hydroxylation is 2. The predicted molar refractivity (Wildman–Crippen MR) is 91.6 cm³/mol. The third kappa shape index (κ3) is 3.21. The molecular weight excluding hydrogens is 305 g/mol. The molecule has 3 rings (SSSR count). The third-order valence-electron chi connectivity index (χ3n) is 5.00. The molecule has 0 aliphatic carbocycles. The molecule has 1 aliphatic rings. The average molecular weight is 329 g/mol. The van der Waals surface area contributed by atoms with Crippen molar-refractivity contribution in [2.45, 2.75) is 40.0 Å². The molecular formula is C19H24FN3O. The number of aromatic nitrogens is 2. The Morgan fingerprint density at radius 3 is 2.88 bits per heavy atom. The predicted octanol–water partition coefficient (Wildman–Crippen LogP) is 3.43. The summed E-state index contributed by atoms with van der Waals surface area (Å²) in [7, 11) is 0. The molecule has 1 atom stereocenters. The number of hydrogen-bond acceptors (Lipinski definition) is 2. The summed E-state index contributed by atoms with van der Waals surface area (Å²) in [6.45, 7) is 7.21. The molecule has 4 nitrogen and oxygen atoms in total. The van der Waals surface area contributed by atoms with Crippen molar-refractivity contribution in [2.24, 2.45) is 5.92 Å². The number of carbonyl (C=O) groups excluding carboxylic acids is 1. The van der Waals surface area contributed by atoms with Gasteiger partial charge in [-0.05, 0) is 56.2 Å². The maximum atomic E-state index is 13.7. The smallest absolute Gasteiger partial charge is 0.274 e. The standard InChI is InChI=1S/C19H24FN3O/c1-4-17-13(3)18(22-21-17)19(24)23-8-7-15(11-23)9-14-6-5-12(2)16(20)10-14/h5-6,10,15H,4,7-9,11H2,1-3H3,(H,21,22). The number of rotatable bonds is 4. The van der Waals surface area contributed by atoms with E-state index in [4.69, 9.17) is 0 Å². The molecule has 1 unspecified atom stereocenters. The number of likely N-dealkylation sites (tertiary alicyclic amines) is 1. The summed E-state index contributed by atoms with van der Waals surface area (Å²) in [5, 5.41) is 7.15. The van der Waals surface area contributed by atoms with E-state index in [-0.39, 0.29) is 11.7 Å². The van der Waals surface area contributed by atoms with Gasteiger partial charge in [0, 0.05) is 24.3 Å². The minimum Gasteiger partial charge on any atom is -0.337 e. The van der Waals surface area contributed by atoms with Crippen molar-refractivity contribution in [3.8, 4) is 0 Å². The van der Waals surface area contributed by atoms with Gasteiger partial charge in [0.25, 0.3) is 5.91 Å². The van der Waals surface area contributed by atoms with Crippen molar-refractivity contribution in [2.75, 3.05) is 13.1 Å². The number of aromatic amines is 1. The summed E-state index contributed by atoms with van der Waals surface area (Å²) in [6, 6.07) is 5.42. The molecule has 1 fully saturated rings. The van der Waals surface area contributed by atoms with Crippen molar-refractivity contribution >= 4 is 5.91 Å². The minimum atomic E-state index is -0.155. The summed E-state index contributed by atoms with van der Waals surface area (Å²) in [5.74, 6) is 0.222. The highest BCUT2D eigenvalue weighted by atomic mass is 19.1. The van der Waals surface area contributed by atoms with Crippen LogP contribution in [0, 0.1) is 25.6 Å². The summed E-state index contributed by atoms with van der Waals surface area (Å²) in [4.78, 5) is 14.6. The number of halogens is 1. The largest absolute Gasteiger partial charge is 0.337 e. The van der Waals surface area contributed by atoms with Crippen LogP contribution in [0.5, 0.6) is 0 Å². The molecule has 24 heavy (non-hydrogen) atoms. The van der Waals surface area contributed by atoms with Crippen LogP contribution in [0.4, 0.5) is 4.39 Å². The summed E-state index contributed by atoms with van der Waals surface area (Å²) in [5.41, 5.74) is 4.17. The molecule has 1 saturated heterocycles. The lowest BCUT2D eigenvalue weighted by Gasteiger charge is -2.16. The van der Waals surface area contributed by atoms with Gasteiger partial charge in [-0.25, -0.2) is 4.39 Å². The third-order valence-corrected chi connectivity index (χ3v) is 5.00. The van der Waals surface area contributed by atoms with E-state index in [0.29, 0.717) is 23.7 Å². The molecule has 0 radical (unpaired) electrons. The maximum absolute atomic E-state index is 13.7. The van der Waals surface area contributed by atoms with Crippen LogP contribution in [0.2, 0.25) is 0 Å². The Bertz CT molecular complexity index is 753. The SMILES string of the molecule is CCc1[nH]nc(C(=O)N2CCC(Cc3ccc(C)c(F)c3)C2)c1C. The highest BCUT2D eigenvalue weighted by molar-refractivity contribution is 5.94. The zero-order valence-electron chi connectivity index (χ0n) is 14.5. The Labute approximate surface area is 142 Å². The van der Waals surface area contributed by atoms with Crippen molar-refractivity contribution in [3.63, 3.8) is 0 Å². The second kappa shape index (κ2) is 6.75. The van der Waals surface area contributed by atoms with E-state index >= 15 is 0 Å². The van der Waals surface area contributed by atoms with E-state index in [2.05, 4.69) is 10.2 Å². The molecule has 1 N–H and O–H groups in total. The Kier molecular flexibility index (Phi) is 4.69. The molecule has 2 heterocycles. The van der Waals surface area contributed by atoms with Gasteiger partial charge < -0.3 is 4.90 Å². The summed E-state index contributed by atoms with van der Waals surface area (Å²) >= 11 is 0. The number of benzene rings is 1. The zero-order valence-corrected chi connectivity index (χ0v) is 14.5. The quantitative estimate of drug-likeness (QED) is 0.934. The van der Waals surface area contributed by atoms with Gasteiger partial charge in [0.1, 0.15) is 5.82 Å². The first-order valence-electron chi connectivity index (χ1n) is 8.57. The van der Waals surface area contributed by atoms with E-state index in [1.54, 1.807) is 13.0 Å². The van der Waals surface area contributed by atoms with Crippen LogP contribution in [-0.2, 0) is 12.8 Å². The van der Waals surface area contributed by atoms with Gasteiger partial charge in [-0.15, -0.1) is 0 Å². The van der Waals surface area contributed by atoms with Crippen LogP contribution in [-0.4, -0.2) is 34.1 Å². The van der Waals surface area contributed by atoms with Gasteiger partial charge in [-0.1, -0.05) is 19.1 Å². The van der Waals surface area contributed by atoms with Gasteiger partial charge in [0.05, 0.1) is 0 Å². The second-order valence-electron chi connectivity index (χ2n) is 6.72. The van der Waals surface area contributed by atoms with Crippen LogP contribution in [0.1, 0.15) is 46.2 Å². The van der Waals surface area contributed by atoms with Crippen LogP contribution < -0.4 is 0 Å². The molecule has 1 amide bonds. The Morgan fingerprint density at radius 1 is 1.42 bits per heavy atom. The van der Waals surface area contributed by atoms with Crippen molar-refractivity contribution < 1.29 is 9.18 Å². The summed E-state index contributed by atoms with van der Waals surface area (Å²) < 4.78 is 13.7. The number of nitrogens with zero attached hydrogens (tertiary/aromatic N) is 2. The Hall–Kier alpha value is -2.17. The number of carbonyl (C=O) groups is 1. The molecule has 0 bridgehead atoms. The number of nitrogens with one attached hydrogen (secondary N) is 1. The van der Waals surface area contributed by atoms with Crippen LogP contribution in [0.25, 0.3) is 0 Å². The van der Waals surface area contributed by atoms with Crippen LogP contribution in [0.15, 0.2) is 18.2 Å². The van der Waals surface area contributed by atoms with Crippen molar-refractivity contribution in [1.29, 1.82) is 0 Å². The van der Waals surface area contributed by atoms with E-state index in [0.717, 1.165) is 42.6 Å². The first-order valence-corrected chi connectivity index (χ1v) is 8.57. The van der Waals surface area contributed by atoms with Gasteiger partial charge in [0.15, 0.2) is 5.69 Å². The molecule has 0 spiro atoms. The normalized spacial score (nSPS) is 17.5. The lowest BCUT2D eigenvalue weighted by molar-refractivity contribution is 0.0780. The molecule has 128 valence electrons. The maximum Gasteiger partial charge on any atom is 0.274 e. The highest BCUT2D eigenvalue weighted by Gasteiger charge is 2.29. The number of H-pyrrole nitrogens is 1. The molecule has 1 aliphatic heterocycles. The van der Waals surface area contributed by atoms with E-state index < -0.39 is 0 Å². The van der Waals surface area contributed by atoms with Gasteiger partial charge in [0.2, 0.25) is 0 Å². The van der Waals surface area contributed by atoms with E-state index in [9.17, 15) is 9.18 Å². The molecule has 0 saturated carbocycles. The van der Waals surface area contributed by atoms with Crippen molar-refractivity contribution in [1.82, 2.24) is 15.1 Å². The fourth-order valence-corrected chi connectivity index (χ4v) is 3.42. The topological polar surface area (TPSA) is 49.0 Å². The highest BCUT2D eigenvalue weighted by Crippen LogP contribution is 2.24.